The summed E-state index contributed by atoms with van der Waals surface area (Å²) in [5.74, 6) is 0. The third kappa shape index (κ3) is 2.09. The van der Waals surface area contributed by atoms with Gasteiger partial charge in [-0.1, -0.05) is 15.9 Å². The summed E-state index contributed by atoms with van der Waals surface area (Å²) in [6.07, 6.45) is -3.72. The van der Waals surface area contributed by atoms with Crippen molar-refractivity contribution >= 4 is 27.0 Å². The molecule has 0 saturated heterocycles. The van der Waals surface area contributed by atoms with Crippen LogP contribution in [-0.4, -0.2) is 9.97 Å². The Hall–Kier alpha value is -1.17. The van der Waals surface area contributed by atoms with Gasteiger partial charge in [0, 0.05) is 4.47 Å². The molecule has 0 aliphatic heterocycles. The number of hydrogen-bond donors (Lipinski definition) is 0. The second-order valence-electron chi connectivity index (χ2n) is 2.89. The molecule has 0 fully saturated rings. The van der Waals surface area contributed by atoms with Gasteiger partial charge in [-0.05, 0) is 18.2 Å². The van der Waals surface area contributed by atoms with Gasteiger partial charge in [0.05, 0.1) is 17.2 Å². The van der Waals surface area contributed by atoms with E-state index in [1.807, 2.05) is 0 Å². The third-order valence-corrected chi connectivity index (χ3v) is 2.29. The van der Waals surface area contributed by atoms with Crippen molar-refractivity contribution in [3.05, 3.63) is 34.6 Å². The van der Waals surface area contributed by atoms with Crippen LogP contribution in [0, 0.1) is 0 Å². The molecule has 15 heavy (non-hydrogen) atoms. The molecule has 0 spiro atoms. The Morgan fingerprint density at radius 2 is 1.87 bits per heavy atom. The van der Waals surface area contributed by atoms with E-state index >= 15 is 0 Å². The Morgan fingerprint density at radius 1 is 1.13 bits per heavy atom. The number of halogens is 4. The number of benzene rings is 1. The third-order valence-electron chi connectivity index (χ3n) is 1.79. The van der Waals surface area contributed by atoms with Crippen molar-refractivity contribution in [1.29, 1.82) is 0 Å². The number of nitrogens with zero attached hydrogens (tertiary/aromatic N) is 2. The summed E-state index contributed by atoms with van der Waals surface area (Å²) in [7, 11) is 0. The second kappa shape index (κ2) is 3.44. The minimum absolute atomic E-state index is 0.230. The molecule has 6 heteroatoms. The highest BCUT2D eigenvalue weighted by atomic mass is 79.9. The zero-order valence-corrected chi connectivity index (χ0v) is 8.80. The zero-order chi connectivity index (χ0) is 11.1. The minimum atomic E-state index is -4.45. The van der Waals surface area contributed by atoms with Crippen molar-refractivity contribution in [2.24, 2.45) is 0 Å². The lowest BCUT2D eigenvalue weighted by atomic mass is 10.3. The molecular formula is C9H4BrF3N2. The molecule has 0 amide bonds. The number of fused-ring (bicyclic) bond motifs is 1. The Bertz CT molecular complexity index is 510. The van der Waals surface area contributed by atoms with Crippen molar-refractivity contribution in [2.75, 3.05) is 0 Å². The van der Waals surface area contributed by atoms with E-state index in [9.17, 15) is 13.2 Å². The quantitative estimate of drug-likeness (QED) is 0.737. The fourth-order valence-corrected chi connectivity index (χ4v) is 1.47. The van der Waals surface area contributed by atoms with E-state index in [-0.39, 0.29) is 5.52 Å². The van der Waals surface area contributed by atoms with Gasteiger partial charge in [-0.15, -0.1) is 0 Å². The summed E-state index contributed by atoms with van der Waals surface area (Å²) in [5, 5.41) is 0. The van der Waals surface area contributed by atoms with E-state index < -0.39 is 11.9 Å². The van der Waals surface area contributed by atoms with Crippen molar-refractivity contribution in [3.8, 4) is 0 Å². The van der Waals surface area contributed by atoms with Gasteiger partial charge in [-0.2, -0.15) is 13.2 Å². The van der Waals surface area contributed by atoms with Crippen LogP contribution in [0.25, 0.3) is 11.0 Å². The lowest BCUT2D eigenvalue weighted by molar-refractivity contribution is -0.141. The normalized spacial score (nSPS) is 12.0. The predicted molar refractivity (Wildman–Crippen MR) is 52.2 cm³/mol. The fraction of sp³-hybridized carbons (Fsp3) is 0.111. The SMILES string of the molecule is FC(F)(F)c1cnc2cc(Br)ccc2n1. The van der Waals surface area contributed by atoms with Crippen LogP contribution < -0.4 is 0 Å². The van der Waals surface area contributed by atoms with E-state index in [0.29, 0.717) is 5.52 Å². The highest BCUT2D eigenvalue weighted by Crippen LogP contribution is 2.28. The molecule has 0 atom stereocenters. The second-order valence-corrected chi connectivity index (χ2v) is 3.80. The van der Waals surface area contributed by atoms with Gasteiger partial charge < -0.3 is 0 Å². The van der Waals surface area contributed by atoms with Gasteiger partial charge in [0.1, 0.15) is 0 Å². The molecule has 0 saturated carbocycles. The molecule has 78 valence electrons. The van der Waals surface area contributed by atoms with Crippen LogP contribution >= 0.6 is 15.9 Å². The van der Waals surface area contributed by atoms with E-state index in [0.717, 1.165) is 10.7 Å². The molecule has 0 radical (unpaired) electrons. The van der Waals surface area contributed by atoms with E-state index in [1.165, 1.54) is 6.07 Å². The molecule has 2 rings (SSSR count). The minimum Gasteiger partial charge on any atom is -0.252 e. The molecule has 2 aromatic rings. The van der Waals surface area contributed by atoms with Gasteiger partial charge in [0.15, 0.2) is 5.69 Å². The lowest BCUT2D eigenvalue weighted by Crippen LogP contribution is -2.08. The first kappa shape index (κ1) is 10.4. The van der Waals surface area contributed by atoms with Crippen molar-refractivity contribution in [3.63, 3.8) is 0 Å². The van der Waals surface area contributed by atoms with Crippen LogP contribution in [0.4, 0.5) is 13.2 Å². The number of rotatable bonds is 0. The van der Waals surface area contributed by atoms with Crippen LogP contribution in [0.3, 0.4) is 0 Å². The zero-order valence-electron chi connectivity index (χ0n) is 7.22. The average molecular weight is 277 g/mol. The summed E-state index contributed by atoms with van der Waals surface area (Å²) >= 11 is 3.20. The maximum absolute atomic E-state index is 12.3. The van der Waals surface area contributed by atoms with Gasteiger partial charge in [-0.25, -0.2) is 4.98 Å². The van der Waals surface area contributed by atoms with Crippen LogP contribution in [0.15, 0.2) is 28.9 Å². The molecule has 2 nitrogen and oxygen atoms in total. The summed E-state index contributed by atoms with van der Waals surface area (Å²) < 4.78 is 37.6. The van der Waals surface area contributed by atoms with Crippen molar-refractivity contribution in [1.82, 2.24) is 9.97 Å². The smallest absolute Gasteiger partial charge is 0.252 e. The molecule has 0 N–H and O–H groups in total. The molecule has 0 aliphatic rings. The number of hydrogen-bond acceptors (Lipinski definition) is 2. The summed E-state index contributed by atoms with van der Waals surface area (Å²) in [4.78, 5) is 7.18. The highest BCUT2D eigenvalue weighted by Gasteiger charge is 2.33. The lowest BCUT2D eigenvalue weighted by Gasteiger charge is -2.05. The first-order chi connectivity index (χ1) is 6.97. The Balaban J connectivity index is 2.62. The van der Waals surface area contributed by atoms with Gasteiger partial charge in [0.25, 0.3) is 0 Å². The first-order valence-electron chi connectivity index (χ1n) is 3.96. The van der Waals surface area contributed by atoms with E-state index in [4.69, 9.17) is 0 Å². The molecular weight excluding hydrogens is 273 g/mol. The van der Waals surface area contributed by atoms with Gasteiger partial charge >= 0.3 is 6.18 Å². The summed E-state index contributed by atoms with van der Waals surface area (Å²) in [5.41, 5.74) is -0.317. The van der Waals surface area contributed by atoms with Crippen molar-refractivity contribution in [2.45, 2.75) is 6.18 Å². The standard InChI is InChI=1S/C9H4BrF3N2/c10-5-1-2-6-7(3-5)14-4-8(15-6)9(11,12)13/h1-4H. The maximum Gasteiger partial charge on any atom is 0.434 e. The molecule has 0 aliphatic carbocycles. The van der Waals surface area contributed by atoms with Crippen LogP contribution in [-0.2, 0) is 6.18 Å². The summed E-state index contributed by atoms with van der Waals surface area (Å²) in [6, 6.07) is 4.72. The number of alkyl halides is 3. The average Bonchev–Trinajstić information content (AvgIpc) is 2.15. The van der Waals surface area contributed by atoms with Crippen LogP contribution in [0.5, 0.6) is 0 Å². The molecule has 0 unspecified atom stereocenters. The fourth-order valence-electron chi connectivity index (χ4n) is 1.12. The Labute approximate surface area is 91.3 Å². The summed E-state index contributed by atoms with van der Waals surface area (Å²) in [6.45, 7) is 0. The molecule has 1 aromatic carbocycles. The van der Waals surface area contributed by atoms with Gasteiger partial charge in [-0.3, -0.25) is 4.98 Å². The number of aromatic nitrogens is 2. The predicted octanol–water partition coefficient (Wildman–Crippen LogP) is 3.41. The van der Waals surface area contributed by atoms with Crippen LogP contribution in [0.2, 0.25) is 0 Å². The monoisotopic (exact) mass is 276 g/mol. The molecule has 1 heterocycles. The van der Waals surface area contributed by atoms with E-state index in [2.05, 4.69) is 25.9 Å². The molecule has 0 bridgehead atoms. The largest absolute Gasteiger partial charge is 0.434 e. The topological polar surface area (TPSA) is 25.8 Å². The highest BCUT2D eigenvalue weighted by molar-refractivity contribution is 9.10. The Morgan fingerprint density at radius 3 is 2.53 bits per heavy atom. The first-order valence-corrected chi connectivity index (χ1v) is 4.75. The van der Waals surface area contributed by atoms with E-state index in [1.54, 1.807) is 12.1 Å². The molecule has 1 aromatic heterocycles. The van der Waals surface area contributed by atoms with Gasteiger partial charge in [0.2, 0.25) is 0 Å². The Kier molecular flexibility index (Phi) is 2.38. The van der Waals surface area contributed by atoms with Crippen molar-refractivity contribution < 1.29 is 13.2 Å². The van der Waals surface area contributed by atoms with Crippen LogP contribution in [0.1, 0.15) is 5.69 Å². The maximum atomic E-state index is 12.3.